The van der Waals surface area contributed by atoms with Crippen LogP contribution < -0.4 is 0 Å². The van der Waals surface area contributed by atoms with Gasteiger partial charge in [0.1, 0.15) is 0 Å². The van der Waals surface area contributed by atoms with Gasteiger partial charge in [0.2, 0.25) is 0 Å². The van der Waals surface area contributed by atoms with Crippen molar-refractivity contribution < 1.29 is 5.11 Å². The lowest BCUT2D eigenvalue weighted by Crippen LogP contribution is -2.46. The van der Waals surface area contributed by atoms with Crippen molar-refractivity contribution in [1.29, 1.82) is 0 Å². The molecule has 0 radical (unpaired) electrons. The highest BCUT2D eigenvalue weighted by Crippen LogP contribution is 2.19. The molecule has 1 unspecified atom stereocenters. The number of rotatable bonds is 2. The average molecular weight is 181 g/mol. The normalized spacial score (nSPS) is 29.5. The van der Waals surface area contributed by atoms with Crippen LogP contribution in [0.25, 0.3) is 0 Å². The number of piperidine rings is 1. The SMILES string of the molecule is CC#CCCN1CCCC(C)(O)C1. The van der Waals surface area contributed by atoms with E-state index in [2.05, 4.69) is 16.7 Å². The van der Waals surface area contributed by atoms with Crippen molar-refractivity contribution >= 4 is 0 Å². The molecule has 1 N–H and O–H groups in total. The van der Waals surface area contributed by atoms with Crippen LogP contribution in [0.4, 0.5) is 0 Å². The molecule has 2 heteroatoms. The fraction of sp³-hybridized carbons (Fsp3) is 0.818. The predicted octanol–water partition coefficient (Wildman–Crippen LogP) is 1.25. The monoisotopic (exact) mass is 181 g/mol. The van der Waals surface area contributed by atoms with Crippen LogP contribution in [-0.4, -0.2) is 35.2 Å². The van der Waals surface area contributed by atoms with Gasteiger partial charge in [0.15, 0.2) is 0 Å². The molecule has 74 valence electrons. The van der Waals surface area contributed by atoms with E-state index >= 15 is 0 Å². The average Bonchev–Trinajstić information content (AvgIpc) is 2.03. The first-order valence-electron chi connectivity index (χ1n) is 4.98. The maximum absolute atomic E-state index is 9.82. The highest BCUT2D eigenvalue weighted by Gasteiger charge is 2.27. The quantitative estimate of drug-likeness (QED) is 0.648. The standard InChI is InChI=1S/C11H19NO/c1-3-4-5-8-12-9-6-7-11(2,13)10-12/h13H,5-10H2,1-2H3. The molecule has 0 aromatic rings. The molecule has 0 aromatic heterocycles. The van der Waals surface area contributed by atoms with Crippen molar-refractivity contribution in [3.05, 3.63) is 0 Å². The van der Waals surface area contributed by atoms with E-state index in [1.807, 2.05) is 13.8 Å². The van der Waals surface area contributed by atoms with Gasteiger partial charge < -0.3 is 5.11 Å². The molecule has 2 nitrogen and oxygen atoms in total. The second kappa shape index (κ2) is 4.64. The van der Waals surface area contributed by atoms with Crippen LogP contribution in [0.5, 0.6) is 0 Å². The lowest BCUT2D eigenvalue weighted by Gasteiger charge is -2.36. The third-order valence-corrected chi connectivity index (χ3v) is 2.48. The van der Waals surface area contributed by atoms with Gasteiger partial charge in [0.25, 0.3) is 0 Å². The van der Waals surface area contributed by atoms with Gasteiger partial charge in [0.05, 0.1) is 5.60 Å². The van der Waals surface area contributed by atoms with E-state index in [4.69, 9.17) is 0 Å². The van der Waals surface area contributed by atoms with E-state index in [0.29, 0.717) is 0 Å². The Labute approximate surface area is 80.9 Å². The van der Waals surface area contributed by atoms with E-state index in [0.717, 1.165) is 38.9 Å². The Hall–Kier alpha value is -0.520. The number of likely N-dealkylation sites (tertiary alicyclic amines) is 1. The molecule has 0 saturated carbocycles. The first-order valence-corrected chi connectivity index (χ1v) is 4.98. The zero-order valence-corrected chi connectivity index (χ0v) is 8.64. The van der Waals surface area contributed by atoms with Gasteiger partial charge in [-0.1, -0.05) is 0 Å². The van der Waals surface area contributed by atoms with Crippen LogP contribution in [0.2, 0.25) is 0 Å². The Morgan fingerprint density at radius 1 is 1.54 bits per heavy atom. The third-order valence-electron chi connectivity index (χ3n) is 2.48. The fourth-order valence-corrected chi connectivity index (χ4v) is 1.85. The van der Waals surface area contributed by atoms with Crippen molar-refractivity contribution in [2.24, 2.45) is 0 Å². The van der Waals surface area contributed by atoms with Gasteiger partial charge in [-0.3, -0.25) is 4.90 Å². The van der Waals surface area contributed by atoms with Crippen molar-refractivity contribution in [2.75, 3.05) is 19.6 Å². The zero-order valence-electron chi connectivity index (χ0n) is 8.64. The molecule has 13 heavy (non-hydrogen) atoms. The van der Waals surface area contributed by atoms with Gasteiger partial charge in [-0.15, -0.1) is 11.8 Å². The maximum atomic E-state index is 9.82. The molecule has 1 saturated heterocycles. The summed E-state index contributed by atoms with van der Waals surface area (Å²) >= 11 is 0. The minimum atomic E-state index is -0.474. The molecule has 0 amide bonds. The molecule has 1 fully saturated rings. The molecule has 0 aromatic carbocycles. The molecule has 1 atom stereocenters. The van der Waals surface area contributed by atoms with Crippen molar-refractivity contribution in [1.82, 2.24) is 4.90 Å². The maximum Gasteiger partial charge on any atom is 0.0746 e. The summed E-state index contributed by atoms with van der Waals surface area (Å²) in [5.41, 5.74) is -0.474. The smallest absolute Gasteiger partial charge is 0.0746 e. The largest absolute Gasteiger partial charge is 0.389 e. The Morgan fingerprint density at radius 2 is 2.31 bits per heavy atom. The lowest BCUT2D eigenvalue weighted by molar-refractivity contribution is -0.0146. The minimum Gasteiger partial charge on any atom is -0.389 e. The minimum absolute atomic E-state index is 0.474. The molecule has 1 aliphatic heterocycles. The van der Waals surface area contributed by atoms with Crippen LogP contribution in [0.3, 0.4) is 0 Å². The molecule has 0 aliphatic carbocycles. The van der Waals surface area contributed by atoms with E-state index in [9.17, 15) is 5.11 Å². The zero-order chi connectivity index (χ0) is 9.73. The second-order valence-electron chi connectivity index (χ2n) is 4.05. The van der Waals surface area contributed by atoms with Crippen LogP contribution in [0.1, 0.15) is 33.1 Å². The van der Waals surface area contributed by atoms with Gasteiger partial charge in [-0.2, -0.15) is 0 Å². The number of β-amino-alcohol motifs (C(OH)–C–C–N with tert-alkyl or cyclic N) is 1. The number of hydrogen-bond donors (Lipinski definition) is 1. The first-order chi connectivity index (χ1) is 6.14. The second-order valence-corrected chi connectivity index (χ2v) is 4.05. The van der Waals surface area contributed by atoms with Crippen molar-refractivity contribution in [2.45, 2.75) is 38.7 Å². The summed E-state index contributed by atoms with van der Waals surface area (Å²) in [5.74, 6) is 5.94. The Bertz CT molecular complexity index is 212. The molecular formula is C11H19NO. The van der Waals surface area contributed by atoms with Crippen LogP contribution in [0, 0.1) is 11.8 Å². The number of aliphatic hydroxyl groups is 1. The molecule has 1 aliphatic rings. The van der Waals surface area contributed by atoms with Crippen LogP contribution >= 0.6 is 0 Å². The fourth-order valence-electron chi connectivity index (χ4n) is 1.85. The predicted molar refractivity (Wildman–Crippen MR) is 54.4 cm³/mol. The van der Waals surface area contributed by atoms with Gasteiger partial charge in [-0.05, 0) is 33.2 Å². The van der Waals surface area contributed by atoms with Crippen LogP contribution in [-0.2, 0) is 0 Å². The summed E-state index contributed by atoms with van der Waals surface area (Å²) in [5, 5.41) is 9.82. The van der Waals surface area contributed by atoms with Crippen LogP contribution in [0.15, 0.2) is 0 Å². The summed E-state index contributed by atoms with van der Waals surface area (Å²) < 4.78 is 0. The number of hydrogen-bond acceptors (Lipinski definition) is 2. The summed E-state index contributed by atoms with van der Waals surface area (Å²) in [4.78, 5) is 2.30. The Kier molecular flexibility index (Phi) is 3.77. The van der Waals surface area contributed by atoms with E-state index in [1.54, 1.807) is 0 Å². The Morgan fingerprint density at radius 3 is 2.92 bits per heavy atom. The third kappa shape index (κ3) is 3.80. The summed E-state index contributed by atoms with van der Waals surface area (Å²) in [7, 11) is 0. The summed E-state index contributed by atoms with van der Waals surface area (Å²) in [6.07, 6.45) is 2.96. The first kappa shape index (κ1) is 10.6. The van der Waals surface area contributed by atoms with Gasteiger partial charge in [-0.25, -0.2) is 0 Å². The van der Waals surface area contributed by atoms with E-state index in [-0.39, 0.29) is 0 Å². The van der Waals surface area contributed by atoms with E-state index < -0.39 is 5.60 Å². The topological polar surface area (TPSA) is 23.5 Å². The molecule has 1 rings (SSSR count). The highest BCUT2D eigenvalue weighted by atomic mass is 16.3. The number of nitrogens with zero attached hydrogens (tertiary/aromatic N) is 1. The molecular weight excluding hydrogens is 162 g/mol. The van der Waals surface area contributed by atoms with E-state index in [1.165, 1.54) is 0 Å². The lowest BCUT2D eigenvalue weighted by atomic mass is 9.95. The molecule has 0 spiro atoms. The Balaban J connectivity index is 2.29. The summed E-state index contributed by atoms with van der Waals surface area (Å²) in [6, 6.07) is 0. The molecule has 1 heterocycles. The molecule has 0 bridgehead atoms. The van der Waals surface area contributed by atoms with Gasteiger partial charge >= 0.3 is 0 Å². The van der Waals surface area contributed by atoms with Crippen molar-refractivity contribution in [3.63, 3.8) is 0 Å². The summed E-state index contributed by atoms with van der Waals surface area (Å²) in [6.45, 7) is 6.70. The highest BCUT2D eigenvalue weighted by molar-refractivity contribution is 4.96. The van der Waals surface area contributed by atoms with Gasteiger partial charge in [0, 0.05) is 19.5 Å². The van der Waals surface area contributed by atoms with Crippen molar-refractivity contribution in [3.8, 4) is 11.8 Å².